The molecule has 21 heavy (non-hydrogen) atoms. The summed E-state index contributed by atoms with van der Waals surface area (Å²) in [5.41, 5.74) is -0.631. The zero-order valence-corrected chi connectivity index (χ0v) is 12.5. The van der Waals surface area contributed by atoms with Crippen LogP contribution in [0, 0.1) is 10.1 Å². The van der Waals surface area contributed by atoms with Crippen LogP contribution >= 0.6 is 0 Å². The predicted molar refractivity (Wildman–Crippen MR) is 76.2 cm³/mol. The summed E-state index contributed by atoms with van der Waals surface area (Å²) < 4.78 is 6.70. The normalized spacial score (nSPS) is 16.0. The van der Waals surface area contributed by atoms with Gasteiger partial charge in [-0.15, -0.1) is 0 Å². The quantitative estimate of drug-likeness (QED) is 0.681. The van der Waals surface area contributed by atoms with Gasteiger partial charge in [-0.2, -0.15) is 4.68 Å². The fourth-order valence-corrected chi connectivity index (χ4v) is 2.40. The first-order valence-electron chi connectivity index (χ1n) is 7.00. The van der Waals surface area contributed by atoms with Gasteiger partial charge in [0.1, 0.15) is 5.60 Å². The average Bonchev–Trinajstić information content (AvgIpc) is 2.93. The molecule has 1 heterocycles. The summed E-state index contributed by atoms with van der Waals surface area (Å²) in [6, 6.07) is 1.35. The van der Waals surface area contributed by atoms with Crippen LogP contribution < -0.4 is 5.32 Å². The van der Waals surface area contributed by atoms with Gasteiger partial charge in [-0.3, -0.25) is 5.32 Å². The highest BCUT2D eigenvalue weighted by Gasteiger charge is 2.28. The Morgan fingerprint density at radius 3 is 2.62 bits per heavy atom. The summed E-state index contributed by atoms with van der Waals surface area (Å²) in [7, 11) is 0. The third-order valence-electron chi connectivity index (χ3n) is 3.21. The van der Waals surface area contributed by atoms with Crippen LogP contribution in [0.25, 0.3) is 0 Å². The van der Waals surface area contributed by atoms with Gasteiger partial charge in [0.05, 0.1) is 17.2 Å². The van der Waals surface area contributed by atoms with E-state index in [-0.39, 0.29) is 11.9 Å². The molecule has 2 rings (SSSR count). The highest BCUT2D eigenvalue weighted by atomic mass is 16.6. The number of nitro groups is 1. The minimum absolute atomic E-state index is 0.0867. The van der Waals surface area contributed by atoms with Crippen LogP contribution in [-0.4, -0.2) is 26.4 Å². The van der Waals surface area contributed by atoms with Crippen LogP contribution in [0.2, 0.25) is 0 Å². The number of carbonyl (C=O) groups excluding carboxylic acids is 1. The molecule has 0 atom stereocenters. The van der Waals surface area contributed by atoms with E-state index in [2.05, 4.69) is 10.4 Å². The average molecular weight is 296 g/mol. The Balaban J connectivity index is 2.20. The third kappa shape index (κ3) is 3.93. The highest BCUT2D eigenvalue weighted by Crippen LogP contribution is 2.33. The van der Waals surface area contributed by atoms with E-state index in [0.717, 1.165) is 25.7 Å². The Kier molecular flexibility index (Phi) is 4.15. The Labute approximate surface area is 122 Å². The number of aromatic nitrogens is 2. The largest absolute Gasteiger partial charge is 0.444 e. The molecular formula is C13H20N4O4. The standard InChI is InChI=1S/C13H20N4O4/c1-13(2,3)21-12(18)14-10-8-11(17(19)20)15-16(10)9-6-4-5-7-9/h8-9H,4-7H2,1-3H3,(H,14,18). The van der Waals surface area contributed by atoms with Crippen molar-refractivity contribution >= 4 is 17.7 Å². The molecule has 1 aromatic heterocycles. The number of nitrogens with zero attached hydrogens (tertiary/aromatic N) is 3. The maximum Gasteiger partial charge on any atom is 0.413 e. The first kappa shape index (κ1) is 15.3. The molecule has 0 spiro atoms. The SMILES string of the molecule is CC(C)(C)OC(=O)Nc1cc([N+](=O)[O-])nn1C1CCCC1. The second-order valence-corrected chi connectivity index (χ2v) is 6.15. The van der Waals surface area contributed by atoms with E-state index in [1.807, 2.05) is 0 Å². The summed E-state index contributed by atoms with van der Waals surface area (Å²) in [5.74, 6) is 0.0378. The lowest BCUT2D eigenvalue weighted by Crippen LogP contribution is -2.28. The van der Waals surface area contributed by atoms with Crippen LogP contribution in [0.15, 0.2) is 6.07 Å². The van der Waals surface area contributed by atoms with Gasteiger partial charge < -0.3 is 14.9 Å². The minimum atomic E-state index is -0.642. The maximum absolute atomic E-state index is 11.8. The predicted octanol–water partition coefficient (Wildman–Crippen LogP) is 3.25. The van der Waals surface area contributed by atoms with Crippen LogP contribution in [0.5, 0.6) is 0 Å². The summed E-state index contributed by atoms with van der Waals surface area (Å²) in [4.78, 5) is 22.1. The molecule has 1 fully saturated rings. The van der Waals surface area contributed by atoms with Crippen molar-refractivity contribution in [2.24, 2.45) is 0 Å². The molecule has 8 nitrogen and oxygen atoms in total. The number of ether oxygens (including phenoxy) is 1. The lowest BCUT2D eigenvalue weighted by atomic mass is 10.2. The fourth-order valence-electron chi connectivity index (χ4n) is 2.40. The fraction of sp³-hybridized carbons (Fsp3) is 0.692. The van der Waals surface area contributed by atoms with Crippen LogP contribution in [0.4, 0.5) is 16.4 Å². The Hall–Kier alpha value is -2.12. The molecule has 0 aromatic carbocycles. The number of hydrogen-bond acceptors (Lipinski definition) is 5. The molecule has 0 aliphatic heterocycles. The Morgan fingerprint density at radius 2 is 2.10 bits per heavy atom. The molecule has 0 radical (unpaired) electrons. The molecule has 0 saturated heterocycles. The van der Waals surface area contributed by atoms with E-state index in [9.17, 15) is 14.9 Å². The van der Waals surface area contributed by atoms with Crippen LogP contribution in [0.3, 0.4) is 0 Å². The summed E-state index contributed by atoms with van der Waals surface area (Å²) in [5, 5.41) is 17.4. The van der Waals surface area contributed by atoms with E-state index < -0.39 is 16.6 Å². The third-order valence-corrected chi connectivity index (χ3v) is 3.21. The van der Waals surface area contributed by atoms with Crippen LogP contribution in [0.1, 0.15) is 52.5 Å². The maximum atomic E-state index is 11.8. The van der Waals surface area contributed by atoms with Gasteiger partial charge in [0.25, 0.3) is 0 Å². The van der Waals surface area contributed by atoms with E-state index >= 15 is 0 Å². The van der Waals surface area contributed by atoms with Gasteiger partial charge in [-0.05, 0) is 38.5 Å². The number of amides is 1. The molecule has 8 heteroatoms. The highest BCUT2D eigenvalue weighted by molar-refractivity contribution is 5.84. The second-order valence-electron chi connectivity index (χ2n) is 6.15. The second kappa shape index (κ2) is 5.71. The molecule has 1 aliphatic carbocycles. The van der Waals surface area contributed by atoms with E-state index in [1.165, 1.54) is 10.7 Å². The zero-order valence-electron chi connectivity index (χ0n) is 12.5. The minimum Gasteiger partial charge on any atom is -0.444 e. The van der Waals surface area contributed by atoms with Crippen molar-refractivity contribution in [3.05, 3.63) is 16.2 Å². The van der Waals surface area contributed by atoms with E-state index in [1.54, 1.807) is 20.8 Å². The van der Waals surface area contributed by atoms with Crippen molar-refractivity contribution in [2.45, 2.75) is 58.1 Å². The Bertz CT molecular complexity index is 541. The smallest absolute Gasteiger partial charge is 0.413 e. The lowest BCUT2D eigenvalue weighted by Gasteiger charge is -2.19. The number of hydrogen-bond donors (Lipinski definition) is 1. The van der Waals surface area contributed by atoms with Crippen molar-refractivity contribution in [3.8, 4) is 0 Å². The zero-order chi connectivity index (χ0) is 15.6. The van der Waals surface area contributed by atoms with Crippen molar-refractivity contribution in [1.82, 2.24) is 9.78 Å². The summed E-state index contributed by atoms with van der Waals surface area (Å²) in [6.07, 6.45) is 3.29. The van der Waals surface area contributed by atoms with Crippen molar-refractivity contribution < 1.29 is 14.5 Å². The molecule has 1 aliphatic rings. The molecule has 0 unspecified atom stereocenters. The molecule has 1 saturated carbocycles. The van der Waals surface area contributed by atoms with Gasteiger partial charge in [0.15, 0.2) is 5.82 Å². The van der Waals surface area contributed by atoms with Gasteiger partial charge >= 0.3 is 11.9 Å². The molecule has 1 aromatic rings. The first-order valence-corrected chi connectivity index (χ1v) is 7.00. The lowest BCUT2D eigenvalue weighted by molar-refractivity contribution is -0.389. The number of carbonyl (C=O) groups is 1. The summed E-state index contributed by atoms with van der Waals surface area (Å²) in [6.45, 7) is 5.26. The van der Waals surface area contributed by atoms with Gasteiger partial charge in [-0.1, -0.05) is 12.8 Å². The van der Waals surface area contributed by atoms with Crippen molar-refractivity contribution in [2.75, 3.05) is 5.32 Å². The summed E-state index contributed by atoms with van der Waals surface area (Å²) >= 11 is 0. The van der Waals surface area contributed by atoms with Crippen molar-refractivity contribution in [1.29, 1.82) is 0 Å². The van der Waals surface area contributed by atoms with Crippen LogP contribution in [-0.2, 0) is 4.74 Å². The number of rotatable bonds is 3. The molecule has 1 amide bonds. The molecule has 1 N–H and O–H groups in total. The first-order chi connectivity index (χ1) is 9.76. The Morgan fingerprint density at radius 1 is 1.48 bits per heavy atom. The van der Waals surface area contributed by atoms with Gasteiger partial charge in [0.2, 0.25) is 0 Å². The number of nitrogens with one attached hydrogen (secondary N) is 1. The monoisotopic (exact) mass is 296 g/mol. The molecular weight excluding hydrogens is 276 g/mol. The molecule has 0 bridgehead atoms. The van der Waals surface area contributed by atoms with E-state index in [4.69, 9.17) is 4.74 Å². The van der Waals surface area contributed by atoms with Gasteiger partial charge in [-0.25, -0.2) is 4.79 Å². The van der Waals surface area contributed by atoms with Gasteiger partial charge in [0, 0.05) is 0 Å². The van der Waals surface area contributed by atoms with E-state index in [0.29, 0.717) is 5.82 Å². The van der Waals surface area contributed by atoms with Crippen molar-refractivity contribution in [3.63, 3.8) is 0 Å². The number of anilines is 1. The topological polar surface area (TPSA) is 99.3 Å². The molecule has 116 valence electrons.